The molecule has 9 nitrogen and oxygen atoms in total. The lowest BCUT2D eigenvalue weighted by atomic mass is 10.0. The van der Waals surface area contributed by atoms with E-state index in [1.165, 1.54) is 0 Å². The molecule has 33 heavy (non-hydrogen) atoms. The summed E-state index contributed by atoms with van der Waals surface area (Å²) < 4.78 is 5.33. The maximum Gasteiger partial charge on any atom is 0.407 e. The molecular formula is C24H26N6O3. The standard InChI is InChI=1S/C24H26N6O3/c1-24(2,3)33-23(32)25-14-19(15-8-5-4-6-9-15)28-22(31)18-11-7-10-17-20(29-30-21(17)18)16-12-26-27-13-16/h4-13,19H,14H2,1-3H3,(H,25,32)(H,26,27)(H,28,31)(H,29,30)/t19-/m1/s1. The van der Waals surface area contributed by atoms with Crippen molar-refractivity contribution in [2.24, 2.45) is 0 Å². The lowest BCUT2D eigenvalue weighted by Crippen LogP contribution is -2.40. The molecule has 0 spiro atoms. The lowest BCUT2D eigenvalue weighted by molar-refractivity contribution is 0.0520. The Bertz CT molecular complexity index is 1240. The molecule has 1 atom stereocenters. The number of benzene rings is 2. The molecule has 0 unspecified atom stereocenters. The molecule has 0 aliphatic rings. The van der Waals surface area contributed by atoms with E-state index in [-0.39, 0.29) is 12.5 Å². The summed E-state index contributed by atoms with van der Waals surface area (Å²) in [4.78, 5) is 25.5. The van der Waals surface area contributed by atoms with E-state index in [0.29, 0.717) is 16.8 Å². The first-order chi connectivity index (χ1) is 15.8. The van der Waals surface area contributed by atoms with Gasteiger partial charge in [0.25, 0.3) is 5.91 Å². The molecule has 4 N–H and O–H groups in total. The van der Waals surface area contributed by atoms with Crippen LogP contribution in [0.2, 0.25) is 0 Å². The van der Waals surface area contributed by atoms with Crippen molar-refractivity contribution in [3.05, 3.63) is 72.1 Å². The van der Waals surface area contributed by atoms with Crippen molar-refractivity contribution in [2.45, 2.75) is 32.4 Å². The number of aromatic amines is 2. The van der Waals surface area contributed by atoms with Gasteiger partial charge in [-0.05, 0) is 32.4 Å². The topological polar surface area (TPSA) is 125 Å². The number of nitrogens with zero attached hydrogens (tertiary/aromatic N) is 2. The van der Waals surface area contributed by atoms with E-state index in [1.807, 2.05) is 42.5 Å². The van der Waals surface area contributed by atoms with Crippen molar-refractivity contribution in [1.29, 1.82) is 0 Å². The zero-order valence-electron chi connectivity index (χ0n) is 18.7. The number of para-hydroxylation sites is 1. The van der Waals surface area contributed by atoms with Gasteiger partial charge in [0, 0.05) is 23.7 Å². The van der Waals surface area contributed by atoms with Crippen LogP contribution < -0.4 is 10.6 Å². The number of ether oxygens (including phenoxy) is 1. The summed E-state index contributed by atoms with van der Waals surface area (Å²) in [5, 5.41) is 20.7. The van der Waals surface area contributed by atoms with E-state index in [1.54, 1.807) is 39.2 Å². The molecule has 0 radical (unpaired) electrons. The number of hydrogen-bond donors (Lipinski definition) is 4. The van der Waals surface area contributed by atoms with Gasteiger partial charge >= 0.3 is 6.09 Å². The largest absolute Gasteiger partial charge is 0.444 e. The van der Waals surface area contributed by atoms with E-state index in [0.717, 1.165) is 16.5 Å². The average Bonchev–Trinajstić information content (AvgIpc) is 3.45. The Hall–Kier alpha value is -4.14. The molecule has 0 aliphatic carbocycles. The third kappa shape index (κ3) is 5.20. The molecule has 4 aromatic rings. The van der Waals surface area contributed by atoms with Gasteiger partial charge in [-0.2, -0.15) is 10.2 Å². The minimum atomic E-state index is -0.613. The first kappa shape index (κ1) is 22.1. The minimum absolute atomic E-state index is 0.171. The highest BCUT2D eigenvalue weighted by Gasteiger charge is 2.22. The summed E-state index contributed by atoms with van der Waals surface area (Å²) >= 11 is 0. The second-order valence-corrected chi connectivity index (χ2v) is 8.61. The van der Waals surface area contributed by atoms with Crippen molar-refractivity contribution in [2.75, 3.05) is 6.54 Å². The predicted molar refractivity (Wildman–Crippen MR) is 125 cm³/mol. The molecule has 2 aromatic heterocycles. The molecule has 0 saturated heterocycles. The fourth-order valence-electron chi connectivity index (χ4n) is 3.50. The molecule has 170 valence electrons. The highest BCUT2D eigenvalue weighted by Crippen LogP contribution is 2.27. The molecule has 4 rings (SSSR count). The van der Waals surface area contributed by atoms with Crippen molar-refractivity contribution in [3.63, 3.8) is 0 Å². The number of amides is 2. The van der Waals surface area contributed by atoms with Crippen LogP contribution in [0.5, 0.6) is 0 Å². The minimum Gasteiger partial charge on any atom is -0.444 e. The number of carbonyl (C=O) groups excluding carboxylic acids is 2. The molecule has 2 aromatic carbocycles. The molecule has 0 bridgehead atoms. The van der Waals surface area contributed by atoms with Crippen LogP contribution in [0.15, 0.2) is 60.9 Å². The van der Waals surface area contributed by atoms with Crippen LogP contribution in [0, 0.1) is 0 Å². The summed E-state index contributed by atoms with van der Waals surface area (Å²) in [6.07, 6.45) is 2.88. The van der Waals surface area contributed by atoms with Crippen LogP contribution in [0.1, 0.15) is 42.7 Å². The Morgan fingerprint density at radius 2 is 1.88 bits per heavy atom. The van der Waals surface area contributed by atoms with Gasteiger partial charge in [-0.25, -0.2) is 4.79 Å². The molecule has 0 aliphatic heterocycles. The van der Waals surface area contributed by atoms with Crippen molar-refractivity contribution in [3.8, 4) is 11.3 Å². The number of nitrogens with one attached hydrogen (secondary N) is 4. The number of H-pyrrole nitrogens is 2. The van der Waals surface area contributed by atoms with E-state index in [9.17, 15) is 9.59 Å². The molecule has 0 fully saturated rings. The summed E-state index contributed by atoms with van der Waals surface area (Å²) in [6.45, 7) is 5.56. The fourth-order valence-corrected chi connectivity index (χ4v) is 3.50. The predicted octanol–water partition coefficient (Wildman–Crippen LogP) is 3.95. The zero-order valence-corrected chi connectivity index (χ0v) is 18.7. The van der Waals surface area contributed by atoms with E-state index in [4.69, 9.17) is 4.74 Å². The molecule has 2 amide bonds. The Balaban J connectivity index is 1.57. The van der Waals surface area contributed by atoms with Crippen LogP contribution in [-0.2, 0) is 4.74 Å². The van der Waals surface area contributed by atoms with E-state index >= 15 is 0 Å². The number of alkyl carbamates (subject to hydrolysis) is 1. The third-order valence-corrected chi connectivity index (χ3v) is 4.97. The molecular weight excluding hydrogens is 420 g/mol. The van der Waals surface area contributed by atoms with Gasteiger partial charge in [0.2, 0.25) is 0 Å². The molecule has 0 saturated carbocycles. The maximum absolute atomic E-state index is 13.3. The normalized spacial score (nSPS) is 12.3. The van der Waals surface area contributed by atoms with Gasteiger partial charge in [0.05, 0.1) is 23.3 Å². The monoisotopic (exact) mass is 446 g/mol. The first-order valence-corrected chi connectivity index (χ1v) is 10.6. The number of aromatic nitrogens is 4. The van der Waals surface area contributed by atoms with Crippen LogP contribution >= 0.6 is 0 Å². The Labute approximate surface area is 190 Å². The van der Waals surface area contributed by atoms with Crippen LogP contribution in [0.4, 0.5) is 4.79 Å². The van der Waals surface area contributed by atoms with Gasteiger partial charge in [0.15, 0.2) is 0 Å². The van der Waals surface area contributed by atoms with Gasteiger partial charge in [-0.1, -0.05) is 42.5 Å². The highest BCUT2D eigenvalue weighted by molar-refractivity contribution is 6.08. The second kappa shape index (κ2) is 9.15. The zero-order chi connectivity index (χ0) is 23.4. The smallest absolute Gasteiger partial charge is 0.407 e. The SMILES string of the molecule is CC(C)(C)OC(=O)NC[C@@H](NC(=O)c1cccc2c(-c3cn[nH]c3)n[nH]c12)c1ccccc1. The quantitative estimate of drug-likeness (QED) is 0.357. The molecule has 2 heterocycles. The summed E-state index contributed by atoms with van der Waals surface area (Å²) in [5.41, 5.74) is 2.85. The summed E-state index contributed by atoms with van der Waals surface area (Å²) in [5.74, 6) is -0.289. The van der Waals surface area contributed by atoms with Crippen molar-refractivity contribution < 1.29 is 14.3 Å². The third-order valence-electron chi connectivity index (χ3n) is 4.97. The van der Waals surface area contributed by atoms with Crippen LogP contribution in [0.3, 0.4) is 0 Å². The number of hydrogen-bond acceptors (Lipinski definition) is 5. The van der Waals surface area contributed by atoms with Crippen LogP contribution in [0.25, 0.3) is 22.2 Å². The van der Waals surface area contributed by atoms with Gasteiger partial charge in [-0.15, -0.1) is 0 Å². The van der Waals surface area contributed by atoms with Gasteiger partial charge in [-0.3, -0.25) is 15.0 Å². The summed E-state index contributed by atoms with van der Waals surface area (Å²) in [6, 6.07) is 14.4. The molecule has 9 heteroatoms. The van der Waals surface area contributed by atoms with Crippen molar-refractivity contribution in [1.82, 2.24) is 31.0 Å². The lowest BCUT2D eigenvalue weighted by Gasteiger charge is -2.23. The fraction of sp³-hybridized carbons (Fsp3) is 0.250. The summed E-state index contributed by atoms with van der Waals surface area (Å²) in [7, 11) is 0. The Morgan fingerprint density at radius 3 is 2.58 bits per heavy atom. The highest BCUT2D eigenvalue weighted by atomic mass is 16.6. The Morgan fingerprint density at radius 1 is 1.09 bits per heavy atom. The van der Waals surface area contributed by atoms with Crippen LogP contribution in [-0.4, -0.2) is 44.5 Å². The average molecular weight is 447 g/mol. The van der Waals surface area contributed by atoms with E-state index in [2.05, 4.69) is 31.0 Å². The van der Waals surface area contributed by atoms with E-state index < -0.39 is 17.7 Å². The van der Waals surface area contributed by atoms with Gasteiger partial charge < -0.3 is 15.4 Å². The Kier molecular flexibility index (Phi) is 6.12. The van der Waals surface area contributed by atoms with Gasteiger partial charge in [0.1, 0.15) is 11.3 Å². The number of rotatable bonds is 6. The number of fused-ring (bicyclic) bond motifs is 1. The number of carbonyl (C=O) groups is 2. The first-order valence-electron chi connectivity index (χ1n) is 10.6. The van der Waals surface area contributed by atoms with Crippen molar-refractivity contribution >= 4 is 22.9 Å². The maximum atomic E-state index is 13.3. The second-order valence-electron chi connectivity index (χ2n) is 8.61.